The zero-order valence-electron chi connectivity index (χ0n) is 12.4. The highest BCUT2D eigenvalue weighted by molar-refractivity contribution is 5.76. The van der Waals surface area contributed by atoms with Crippen LogP contribution >= 0.6 is 0 Å². The van der Waals surface area contributed by atoms with Crippen LogP contribution in [0.25, 0.3) is 11.1 Å². The summed E-state index contributed by atoms with van der Waals surface area (Å²) in [7, 11) is 0. The van der Waals surface area contributed by atoms with Gasteiger partial charge in [-0.1, -0.05) is 42.0 Å². The zero-order chi connectivity index (χ0) is 15.4. The SMILES string of the molecule is Cc1ccc(-c2ccc(Nc3ccc(C=O)cc3)cc2)cc1. The number of carbonyl (C=O) groups excluding carboxylic acids is 1. The van der Waals surface area contributed by atoms with Crippen molar-refractivity contribution in [3.05, 3.63) is 83.9 Å². The minimum atomic E-state index is 0.681. The van der Waals surface area contributed by atoms with Crippen LogP contribution in [0.4, 0.5) is 11.4 Å². The number of hydrogen-bond donors (Lipinski definition) is 1. The minimum Gasteiger partial charge on any atom is -0.356 e. The second-order valence-corrected chi connectivity index (χ2v) is 5.31. The summed E-state index contributed by atoms with van der Waals surface area (Å²) in [4.78, 5) is 10.6. The van der Waals surface area contributed by atoms with E-state index in [-0.39, 0.29) is 0 Å². The maximum Gasteiger partial charge on any atom is 0.150 e. The standard InChI is InChI=1S/C20H17NO/c1-15-2-6-17(7-3-15)18-8-12-20(13-9-18)21-19-10-4-16(14-22)5-11-19/h2-14,21H,1H3. The monoisotopic (exact) mass is 287 g/mol. The van der Waals surface area contributed by atoms with Crippen LogP contribution in [0.5, 0.6) is 0 Å². The molecule has 0 aliphatic carbocycles. The lowest BCUT2D eigenvalue weighted by molar-refractivity contribution is 0.112. The molecule has 0 bridgehead atoms. The summed E-state index contributed by atoms with van der Waals surface area (Å²) in [5, 5.41) is 3.33. The Labute approximate surface area is 130 Å². The van der Waals surface area contributed by atoms with Crippen LogP contribution in [-0.4, -0.2) is 6.29 Å². The van der Waals surface area contributed by atoms with Gasteiger partial charge in [0.2, 0.25) is 0 Å². The molecule has 0 aromatic heterocycles. The number of anilines is 2. The number of aryl methyl sites for hydroxylation is 1. The highest BCUT2D eigenvalue weighted by atomic mass is 16.1. The van der Waals surface area contributed by atoms with Gasteiger partial charge in [0.05, 0.1) is 0 Å². The molecule has 0 radical (unpaired) electrons. The maximum atomic E-state index is 10.6. The van der Waals surface area contributed by atoms with E-state index in [1.54, 1.807) is 12.1 Å². The third-order valence-corrected chi connectivity index (χ3v) is 3.61. The second kappa shape index (κ2) is 6.27. The van der Waals surface area contributed by atoms with Crippen LogP contribution in [0.3, 0.4) is 0 Å². The average Bonchev–Trinajstić information content (AvgIpc) is 2.57. The molecule has 0 amide bonds. The van der Waals surface area contributed by atoms with E-state index in [2.05, 4.69) is 60.8 Å². The van der Waals surface area contributed by atoms with Gasteiger partial charge in [0.1, 0.15) is 6.29 Å². The molecule has 3 rings (SSSR count). The van der Waals surface area contributed by atoms with Crippen molar-refractivity contribution in [2.24, 2.45) is 0 Å². The fraction of sp³-hybridized carbons (Fsp3) is 0.0500. The first kappa shape index (κ1) is 14.1. The lowest BCUT2D eigenvalue weighted by Crippen LogP contribution is -1.90. The number of rotatable bonds is 4. The lowest BCUT2D eigenvalue weighted by atomic mass is 10.0. The molecule has 2 heteroatoms. The number of carbonyl (C=O) groups is 1. The molecule has 0 unspecified atom stereocenters. The van der Waals surface area contributed by atoms with Gasteiger partial charge in [0.15, 0.2) is 0 Å². The summed E-state index contributed by atoms with van der Waals surface area (Å²) in [5.74, 6) is 0. The fourth-order valence-electron chi connectivity index (χ4n) is 2.30. The highest BCUT2D eigenvalue weighted by Gasteiger charge is 1.99. The Morgan fingerprint density at radius 1 is 0.682 bits per heavy atom. The Bertz CT molecular complexity index is 756. The predicted molar refractivity (Wildman–Crippen MR) is 91.7 cm³/mol. The molecule has 0 aliphatic rings. The van der Waals surface area contributed by atoms with Gasteiger partial charge in [-0.25, -0.2) is 0 Å². The second-order valence-electron chi connectivity index (χ2n) is 5.31. The van der Waals surface area contributed by atoms with E-state index in [4.69, 9.17) is 0 Å². The average molecular weight is 287 g/mol. The Balaban J connectivity index is 1.75. The summed E-state index contributed by atoms with van der Waals surface area (Å²) in [6.45, 7) is 2.09. The summed E-state index contributed by atoms with van der Waals surface area (Å²) in [6.07, 6.45) is 0.847. The molecule has 0 atom stereocenters. The molecule has 0 aliphatic heterocycles. The van der Waals surface area contributed by atoms with Gasteiger partial charge in [-0.3, -0.25) is 4.79 Å². The smallest absolute Gasteiger partial charge is 0.150 e. The number of aldehydes is 1. The Morgan fingerprint density at radius 3 is 1.64 bits per heavy atom. The van der Waals surface area contributed by atoms with Crippen molar-refractivity contribution in [1.82, 2.24) is 0 Å². The molecule has 3 aromatic carbocycles. The molecule has 0 saturated heterocycles. The molecule has 0 fully saturated rings. The first-order valence-corrected chi connectivity index (χ1v) is 7.24. The first-order valence-electron chi connectivity index (χ1n) is 7.24. The van der Waals surface area contributed by atoms with Gasteiger partial charge in [0, 0.05) is 16.9 Å². The third-order valence-electron chi connectivity index (χ3n) is 3.61. The molecule has 1 N–H and O–H groups in total. The number of benzene rings is 3. The molecular weight excluding hydrogens is 270 g/mol. The van der Waals surface area contributed by atoms with Gasteiger partial charge in [-0.05, 0) is 54.4 Å². The molecule has 0 saturated carbocycles. The van der Waals surface area contributed by atoms with Crippen LogP contribution in [0, 0.1) is 6.92 Å². The molecule has 108 valence electrons. The van der Waals surface area contributed by atoms with Crippen LogP contribution in [-0.2, 0) is 0 Å². The molecule has 22 heavy (non-hydrogen) atoms. The number of nitrogens with one attached hydrogen (secondary N) is 1. The van der Waals surface area contributed by atoms with E-state index in [1.165, 1.54) is 16.7 Å². The predicted octanol–water partition coefficient (Wildman–Crippen LogP) is 5.22. The number of hydrogen-bond acceptors (Lipinski definition) is 2. The Hall–Kier alpha value is -2.87. The van der Waals surface area contributed by atoms with E-state index >= 15 is 0 Å². The van der Waals surface area contributed by atoms with Gasteiger partial charge >= 0.3 is 0 Å². The van der Waals surface area contributed by atoms with E-state index in [0.29, 0.717) is 5.56 Å². The summed E-state index contributed by atoms with van der Waals surface area (Å²) in [5.41, 5.74) is 6.35. The normalized spacial score (nSPS) is 10.2. The van der Waals surface area contributed by atoms with Gasteiger partial charge < -0.3 is 5.32 Å². The van der Waals surface area contributed by atoms with E-state index < -0.39 is 0 Å². The van der Waals surface area contributed by atoms with Crippen molar-refractivity contribution < 1.29 is 4.79 Å². The van der Waals surface area contributed by atoms with Crippen LogP contribution < -0.4 is 5.32 Å². The molecule has 0 heterocycles. The van der Waals surface area contributed by atoms with Crippen LogP contribution in [0.15, 0.2) is 72.8 Å². The minimum absolute atomic E-state index is 0.681. The largest absolute Gasteiger partial charge is 0.356 e. The Kier molecular flexibility index (Phi) is 4.01. The van der Waals surface area contributed by atoms with Crippen molar-refractivity contribution in [3.8, 4) is 11.1 Å². The molecule has 2 nitrogen and oxygen atoms in total. The van der Waals surface area contributed by atoms with Gasteiger partial charge in [-0.15, -0.1) is 0 Å². The van der Waals surface area contributed by atoms with E-state index in [1.807, 2.05) is 12.1 Å². The maximum absolute atomic E-state index is 10.6. The zero-order valence-corrected chi connectivity index (χ0v) is 12.4. The fourth-order valence-corrected chi connectivity index (χ4v) is 2.30. The summed E-state index contributed by atoms with van der Waals surface area (Å²) in [6, 6.07) is 24.2. The summed E-state index contributed by atoms with van der Waals surface area (Å²) < 4.78 is 0. The third kappa shape index (κ3) is 3.23. The van der Waals surface area contributed by atoms with Gasteiger partial charge in [0.25, 0.3) is 0 Å². The first-order chi connectivity index (χ1) is 10.7. The van der Waals surface area contributed by atoms with Crippen molar-refractivity contribution in [2.75, 3.05) is 5.32 Å². The van der Waals surface area contributed by atoms with Crippen LogP contribution in [0.2, 0.25) is 0 Å². The quantitative estimate of drug-likeness (QED) is 0.667. The summed E-state index contributed by atoms with van der Waals surface area (Å²) >= 11 is 0. The van der Waals surface area contributed by atoms with Crippen molar-refractivity contribution >= 4 is 17.7 Å². The van der Waals surface area contributed by atoms with E-state index in [0.717, 1.165) is 17.7 Å². The topological polar surface area (TPSA) is 29.1 Å². The Morgan fingerprint density at radius 2 is 1.14 bits per heavy atom. The van der Waals surface area contributed by atoms with E-state index in [9.17, 15) is 4.79 Å². The van der Waals surface area contributed by atoms with Crippen molar-refractivity contribution in [3.63, 3.8) is 0 Å². The van der Waals surface area contributed by atoms with Crippen molar-refractivity contribution in [2.45, 2.75) is 6.92 Å². The molecular formula is C20H17NO. The lowest BCUT2D eigenvalue weighted by Gasteiger charge is -2.08. The van der Waals surface area contributed by atoms with Gasteiger partial charge in [-0.2, -0.15) is 0 Å². The molecule has 3 aromatic rings. The molecule has 0 spiro atoms. The highest BCUT2D eigenvalue weighted by Crippen LogP contribution is 2.23. The van der Waals surface area contributed by atoms with Crippen LogP contribution in [0.1, 0.15) is 15.9 Å². The van der Waals surface area contributed by atoms with Crippen molar-refractivity contribution in [1.29, 1.82) is 0 Å².